The Kier molecular flexibility index (Phi) is 3.47. The molecule has 2 rings (SSSR count). The third-order valence-electron chi connectivity index (χ3n) is 2.61. The Balaban J connectivity index is 2.05. The number of terminal acetylenes is 1. The molecule has 84 valence electrons. The van der Waals surface area contributed by atoms with Crippen molar-refractivity contribution in [3.05, 3.63) is 65.2 Å². The first-order valence-electron chi connectivity index (χ1n) is 5.64. The minimum Gasteiger partial charge on any atom is -0.381 e. The topological polar surface area (TPSA) is 12.0 Å². The molecule has 1 heteroatoms. The Morgan fingerprint density at radius 2 is 1.94 bits per heavy atom. The van der Waals surface area contributed by atoms with Crippen molar-refractivity contribution >= 4 is 5.69 Å². The quantitative estimate of drug-likeness (QED) is 0.781. The largest absolute Gasteiger partial charge is 0.381 e. The second-order valence-electron chi connectivity index (χ2n) is 4.07. The van der Waals surface area contributed by atoms with Crippen molar-refractivity contribution in [2.24, 2.45) is 0 Å². The SMILES string of the molecule is C#Cc1cccc(NCc2cccc(C)c2)c1. The van der Waals surface area contributed by atoms with Gasteiger partial charge in [0.05, 0.1) is 0 Å². The molecule has 0 atom stereocenters. The molecule has 0 aromatic heterocycles. The summed E-state index contributed by atoms with van der Waals surface area (Å²) in [5.74, 6) is 2.63. The van der Waals surface area contributed by atoms with Crippen molar-refractivity contribution in [2.45, 2.75) is 13.5 Å². The lowest BCUT2D eigenvalue weighted by Crippen LogP contribution is -1.99. The lowest BCUT2D eigenvalue weighted by atomic mass is 10.1. The third-order valence-corrected chi connectivity index (χ3v) is 2.61. The van der Waals surface area contributed by atoms with E-state index < -0.39 is 0 Å². The molecule has 0 bridgehead atoms. The van der Waals surface area contributed by atoms with Crippen LogP contribution in [0.1, 0.15) is 16.7 Å². The number of rotatable bonds is 3. The van der Waals surface area contributed by atoms with Gasteiger partial charge in [-0.1, -0.05) is 41.8 Å². The van der Waals surface area contributed by atoms with Crippen LogP contribution in [-0.4, -0.2) is 0 Å². The van der Waals surface area contributed by atoms with Gasteiger partial charge in [-0.3, -0.25) is 0 Å². The van der Waals surface area contributed by atoms with Crippen molar-refractivity contribution in [1.82, 2.24) is 0 Å². The molecular weight excluding hydrogens is 206 g/mol. The predicted octanol–water partition coefficient (Wildman–Crippen LogP) is 3.59. The highest BCUT2D eigenvalue weighted by atomic mass is 14.9. The first-order valence-corrected chi connectivity index (χ1v) is 5.64. The number of hydrogen-bond donors (Lipinski definition) is 1. The van der Waals surface area contributed by atoms with Gasteiger partial charge in [0.2, 0.25) is 0 Å². The highest BCUT2D eigenvalue weighted by molar-refractivity contribution is 5.50. The fraction of sp³-hybridized carbons (Fsp3) is 0.125. The van der Waals surface area contributed by atoms with Gasteiger partial charge in [0.15, 0.2) is 0 Å². The van der Waals surface area contributed by atoms with E-state index in [4.69, 9.17) is 6.42 Å². The Hall–Kier alpha value is -2.20. The van der Waals surface area contributed by atoms with E-state index in [0.717, 1.165) is 17.8 Å². The maximum atomic E-state index is 5.37. The van der Waals surface area contributed by atoms with Gasteiger partial charge in [-0.2, -0.15) is 0 Å². The molecule has 0 fully saturated rings. The summed E-state index contributed by atoms with van der Waals surface area (Å²) in [6.45, 7) is 2.91. The van der Waals surface area contributed by atoms with Gasteiger partial charge in [0.1, 0.15) is 0 Å². The predicted molar refractivity (Wildman–Crippen MR) is 72.9 cm³/mol. The first-order chi connectivity index (χ1) is 8.28. The average molecular weight is 221 g/mol. The Bertz CT molecular complexity index is 549. The second kappa shape index (κ2) is 5.23. The zero-order chi connectivity index (χ0) is 12.1. The molecule has 0 aliphatic rings. The molecule has 0 unspecified atom stereocenters. The minimum atomic E-state index is 0.815. The summed E-state index contributed by atoms with van der Waals surface area (Å²) in [4.78, 5) is 0. The summed E-state index contributed by atoms with van der Waals surface area (Å²) in [5.41, 5.74) is 4.51. The Morgan fingerprint density at radius 1 is 1.12 bits per heavy atom. The maximum Gasteiger partial charge on any atom is 0.0400 e. The summed E-state index contributed by atoms with van der Waals surface area (Å²) >= 11 is 0. The van der Waals surface area contributed by atoms with Crippen LogP contribution in [0.15, 0.2) is 48.5 Å². The van der Waals surface area contributed by atoms with Crippen LogP contribution in [0.4, 0.5) is 5.69 Å². The van der Waals surface area contributed by atoms with Crippen molar-refractivity contribution in [1.29, 1.82) is 0 Å². The molecule has 0 radical (unpaired) electrons. The van der Waals surface area contributed by atoms with Crippen molar-refractivity contribution < 1.29 is 0 Å². The monoisotopic (exact) mass is 221 g/mol. The molecule has 0 saturated heterocycles. The maximum absolute atomic E-state index is 5.37. The fourth-order valence-corrected chi connectivity index (χ4v) is 1.75. The van der Waals surface area contributed by atoms with Gasteiger partial charge < -0.3 is 5.32 Å². The number of hydrogen-bond acceptors (Lipinski definition) is 1. The first kappa shape index (κ1) is 11.3. The molecular formula is C16H15N. The van der Waals surface area contributed by atoms with Crippen LogP contribution >= 0.6 is 0 Å². The van der Waals surface area contributed by atoms with E-state index in [1.54, 1.807) is 0 Å². The smallest absolute Gasteiger partial charge is 0.0400 e. The van der Waals surface area contributed by atoms with E-state index in [1.807, 2.05) is 24.3 Å². The lowest BCUT2D eigenvalue weighted by molar-refractivity contribution is 1.14. The van der Waals surface area contributed by atoms with E-state index in [0.29, 0.717) is 0 Å². The van der Waals surface area contributed by atoms with Crippen LogP contribution in [0.2, 0.25) is 0 Å². The third kappa shape index (κ3) is 3.12. The molecule has 0 spiro atoms. The van der Waals surface area contributed by atoms with Crippen molar-refractivity contribution in [2.75, 3.05) is 5.32 Å². The summed E-state index contributed by atoms with van der Waals surface area (Å²) in [6, 6.07) is 16.4. The molecule has 2 aromatic carbocycles. The van der Waals surface area contributed by atoms with Crippen LogP contribution in [-0.2, 0) is 6.54 Å². The van der Waals surface area contributed by atoms with E-state index in [2.05, 4.69) is 42.4 Å². The number of benzene rings is 2. The Morgan fingerprint density at radius 3 is 2.71 bits per heavy atom. The van der Waals surface area contributed by atoms with Gasteiger partial charge >= 0.3 is 0 Å². The molecule has 17 heavy (non-hydrogen) atoms. The van der Waals surface area contributed by atoms with Crippen LogP contribution in [0.25, 0.3) is 0 Å². The van der Waals surface area contributed by atoms with Gasteiger partial charge in [-0.25, -0.2) is 0 Å². The average Bonchev–Trinajstić information content (AvgIpc) is 2.37. The molecule has 0 aliphatic carbocycles. The van der Waals surface area contributed by atoms with Gasteiger partial charge in [0, 0.05) is 17.8 Å². The number of nitrogens with one attached hydrogen (secondary N) is 1. The standard InChI is InChI=1S/C16H15N/c1-3-14-7-5-9-16(11-14)17-12-15-8-4-6-13(2)10-15/h1,4-11,17H,12H2,2H3. The normalized spacial score (nSPS) is 9.65. The van der Waals surface area contributed by atoms with Crippen LogP contribution in [0.5, 0.6) is 0 Å². The summed E-state index contributed by atoms with van der Waals surface area (Å²) < 4.78 is 0. The van der Waals surface area contributed by atoms with Crippen LogP contribution in [0, 0.1) is 19.3 Å². The van der Waals surface area contributed by atoms with Crippen LogP contribution in [0.3, 0.4) is 0 Å². The highest BCUT2D eigenvalue weighted by Gasteiger charge is 1.95. The van der Waals surface area contributed by atoms with Gasteiger partial charge in [0.25, 0.3) is 0 Å². The van der Waals surface area contributed by atoms with E-state index in [9.17, 15) is 0 Å². The molecule has 1 N–H and O–H groups in total. The number of aryl methyl sites for hydroxylation is 1. The zero-order valence-electron chi connectivity index (χ0n) is 9.90. The molecule has 2 aromatic rings. The second-order valence-corrected chi connectivity index (χ2v) is 4.07. The molecule has 0 heterocycles. The Labute approximate surface area is 102 Å². The molecule has 0 saturated carbocycles. The van der Waals surface area contributed by atoms with E-state index in [-0.39, 0.29) is 0 Å². The van der Waals surface area contributed by atoms with E-state index >= 15 is 0 Å². The fourth-order valence-electron chi connectivity index (χ4n) is 1.75. The van der Waals surface area contributed by atoms with Crippen molar-refractivity contribution in [3.8, 4) is 12.3 Å². The summed E-state index contributed by atoms with van der Waals surface area (Å²) in [6.07, 6.45) is 5.37. The molecule has 0 aliphatic heterocycles. The van der Waals surface area contributed by atoms with Gasteiger partial charge in [-0.05, 0) is 30.7 Å². The van der Waals surface area contributed by atoms with Crippen LogP contribution < -0.4 is 5.32 Å². The molecule has 1 nitrogen and oxygen atoms in total. The van der Waals surface area contributed by atoms with Gasteiger partial charge in [-0.15, -0.1) is 6.42 Å². The minimum absolute atomic E-state index is 0.815. The highest BCUT2D eigenvalue weighted by Crippen LogP contribution is 2.12. The zero-order valence-corrected chi connectivity index (χ0v) is 9.90. The van der Waals surface area contributed by atoms with E-state index in [1.165, 1.54) is 11.1 Å². The summed E-state index contributed by atoms with van der Waals surface area (Å²) in [5, 5.41) is 3.37. The molecule has 0 amide bonds. The lowest BCUT2D eigenvalue weighted by Gasteiger charge is -2.07. The van der Waals surface area contributed by atoms with Crippen molar-refractivity contribution in [3.63, 3.8) is 0 Å². The summed E-state index contributed by atoms with van der Waals surface area (Å²) in [7, 11) is 0. The number of anilines is 1.